The van der Waals surface area contributed by atoms with Crippen LogP contribution in [0.5, 0.6) is 0 Å². The zero-order chi connectivity index (χ0) is 69.2. The fourth-order valence-corrected chi connectivity index (χ4v) is 20.8. The van der Waals surface area contributed by atoms with Crippen molar-refractivity contribution in [2.45, 2.75) is 6.54 Å². The molecule has 1 N–H and O–H groups in total. The number of fused-ring (bicyclic) bond motifs is 19. The molecule has 7 heteroatoms. The van der Waals surface area contributed by atoms with Gasteiger partial charge in [-0.2, -0.15) is 0 Å². The van der Waals surface area contributed by atoms with E-state index < -0.39 is 0 Å². The summed E-state index contributed by atoms with van der Waals surface area (Å²) in [6.45, 7) is 0.662. The smallest absolute Gasteiger partial charge is 0.0541 e. The van der Waals surface area contributed by atoms with Gasteiger partial charge in [-0.25, -0.2) is 0 Å². The molecule has 0 unspecified atom stereocenters. The van der Waals surface area contributed by atoms with Gasteiger partial charge in [0.2, 0.25) is 0 Å². The molecule has 1 aliphatic rings. The van der Waals surface area contributed by atoms with Crippen LogP contribution in [0.3, 0.4) is 0 Å². The van der Waals surface area contributed by atoms with Crippen molar-refractivity contribution < 1.29 is 0 Å². The Labute approximate surface area is 621 Å². The highest BCUT2D eigenvalue weighted by atomic mass is 32.1. The summed E-state index contributed by atoms with van der Waals surface area (Å²) in [6, 6.07) is 130. The fourth-order valence-electron chi connectivity index (χ4n) is 17.5. The van der Waals surface area contributed by atoms with Gasteiger partial charge in [-0.3, -0.25) is 0 Å². The Morgan fingerprint density at radius 2 is 0.509 bits per heavy atom. The maximum absolute atomic E-state index is 4.10. The molecule has 7 heterocycles. The molecule has 494 valence electrons. The number of rotatable bonds is 9. The number of thiophene rings is 3. The Hall–Kier alpha value is -12.9. The Bertz CT molecular complexity index is 7550. The monoisotopic (exact) mass is 1400 g/mol. The molecular formula is C99H60N4S3. The third-order valence-electron chi connectivity index (χ3n) is 22.5. The second-order valence-corrected chi connectivity index (χ2v) is 31.6. The molecule has 4 nitrogen and oxygen atoms in total. The minimum absolute atomic E-state index is 0.662. The Kier molecular flexibility index (Phi) is 13.1. The highest BCUT2D eigenvalue weighted by molar-refractivity contribution is 7.26. The summed E-state index contributed by atoms with van der Waals surface area (Å²) >= 11 is 5.60. The van der Waals surface area contributed by atoms with Crippen molar-refractivity contribution >= 4 is 171 Å². The second-order valence-electron chi connectivity index (χ2n) is 28.3. The van der Waals surface area contributed by atoms with Crippen molar-refractivity contribution in [3.05, 3.63) is 368 Å². The molecule has 0 radical (unpaired) electrons. The summed E-state index contributed by atoms with van der Waals surface area (Å²) in [5.41, 5.74) is 26.9. The topological polar surface area (TPSA) is 26.8 Å². The van der Waals surface area contributed by atoms with Gasteiger partial charge < -0.3 is 19.0 Å². The summed E-state index contributed by atoms with van der Waals surface area (Å²) in [6.07, 6.45) is 0. The first kappa shape index (κ1) is 59.6. The summed E-state index contributed by atoms with van der Waals surface area (Å²) < 4.78 is 15.3. The number of hydrogen-bond donors (Lipinski definition) is 1. The molecule has 0 bridgehead atoms. The minimum atomic E-state index is 0.662. The van der Waals surface area contributed by atoms with Gasteiger partial charge in [-0.1, -0.05) is 194 Å². The van der Waals surface area contributed by atoms with E-state index in [1.165, 1.54) is 170 Å². The lowest BCUT2D eigenvalue weighted by Crippen LogP contribution is -2.21. The van der Waals surface area contributed by atoms with Gasteiger partial charge in [0.05, 0.1) is 38.8 Å². The minimum Gasteiger partial charge on any atom is -0.380 e. The first-order valence-electron chi connectivity index (χ1n) is 36.3. The molecule has 23 rings (SSSR count). The van der Waals surface area contributed by atoms with E-state index in [0.29, 0.717) is 6.54 Å². The van der Waals surface area contributed by atoms with Gasteiger partial charge >= 0.3 is 0 Å². The third-order valence-corrected chi connectivity index (χ3v) is 25.9. The quantitative estimate of drug-likeness (QED) is 0.153. The first-order valence-corrected chi connectivity index (χ1v) is 38.7. The van der Waals surface area contributed by atoms with E-state index in [9.17, 15) is 0 Å². The summed E-state index contributed by atoms with van der Waals surface area (Å²) in [4.78, 5) is 0. The number of para-hydroxylation sites is 3. The summed E-state index contributed by atoms with van der Waals surface area (Å²) in [5.74, 6) is 0. The molecule has 0 saturated carbocycles. The van der Waals surface area contributed by atoms with Crippen molar-refractivity contribution in [1.82, 2.24) is 19.0 Å². The predicted octanol–water partition coefficient (Wildman–Crippen LogP) is 27.8. The molecule has 0 amide bonds. The average Bonchev–Trinajstić information content (AvgIpc) is 1.47. The highest BCUT2D eigenvalue weighted by Gasteiger charge is 2.26. The van der Waals surface area contributed by atoms with E-state index in [2.05, 4.69) is 365 Å². The third kappa shape index (κ3) is 9.23. The van der Waals surface area contributed by atoms with Gasteiger partial charge in [0.25, 0.3) is 0 Å². The summed E-state index contributed by atoms with van der Waals surface area (Å²) in [5, 5.41) is 19.3. The first-order chi connectivity index (χ1) is 52.5. The Morgan fingerprint density at radius 1 is 0.208 bits per heavy atom. The van der Waals surface area contributed by atoms with Crippen molar-refractivity contribution in [3.63, 3.8) is 0 Å². The zero-order valence-corrected chi connectivity index (χ0v) is 59.6. The molecule has 0 fully saturated rings. The molecular weight excluding hydrogens is 1340 g/mol. The SMILES string of the molecule is c1cc(C2=C(c3cccc(-n4c5ccccc5c5cc(-c6ccc7sc8ccccc8c7c6)ccc54)c3)c3cc(-c4cccc(-n5c6ccccc6c6cc(-c7ccc8sc9ccccc9c8c7)ccc65)c4)ccc3CN2)cc(-n2c3ccccc3c3cc(-c4ccc5sc6ccccc6c5c4)ccc32)c1. The van der Waals surface area contributed by atoms with Crippen LogP contribution in [0.15, 0.2) is 346 Å². The van der Waals surface area contributed by atoms with Crippen LogP contribution in [-0.4, -0.2) is 13.7 Å². The molecule has 0 spiro atoms. The second kappa shape index (κ2) is 23.3. The van der Waals surface area contributed by atoms with Crippen LogP contribution in [0.1, 0.15) is 22.3 Å². The van der Waals surface area contributed by atoms with Gasteiger partial charge in [0, 0.05) is 128 Å². The van der Waals surface area contributed by atoms with E-state index in [-0.39, 0.29) is 0 Å². The van der Waals surface area contributed by atoms with E-state index in [1.807, 2.05) is 34.0 Å². The fraction of sp³-hybridized carbons (Fsp3) is 0.0101. The lowest BCUT2D eigenvalue weighted by molar-refractivity contribution is 0.873. The van der Waals surface area contributed by atoms with Crippen LogP contribution < -0.4 is 5.32 Å². The van der Waals surface area contributed by atoms with Crippen LogP contribution in [0, 0.1) is 0 Å². The molecule has 22 aromatic rings. The van der Waals surface area contributed by atoms with Crippen molar-refractivity contribution in [3.8, 4) is 61.6 Å². The maximum Gasteiger partial charge on any atom is 0.0541 e. The van der Waals surface area contributed by atoms with Crippen molar-refractivity contribution in [2.24, 2.45) is 0 Å². The molecule has 1 aliphatic heterocycles. The lowest BCUT2D eigenvalue weighted by atomic mass is 9.85. The van der Waals surface area contributed by atoms with Gasteiger partial charge in [-0.15, -0.1) is 34.0 Å². The number of benzene rings is 16. The van der Waals surface area contributed by atoms with E-state index in [4.69, 9.17) is 0 Å². The number of aromatic nitrogens is 3. The van der Waals surface area contributed by atoms with E-state index in [0.717, 1.165) is 50.6 Å². The number of hydrogen-bond acceptors (Lipinski definition) is 4. The number of nitrogens with one attached hydrogen (secondary N) is 1. The van der Waals surface area contributed by atoms with E-state index in [1.54, 1.807) is 0 Å². The van der Waals surface area contributed by atoms with Gasteiger partial charge in [-0.05, 0) is 213 Å². The maximum atomic E-state index is 4.10. The van der Waals surface area contributed by atoms with Gasteiger partial charge in [0.1, 0.15) is 0 Å². The summed E-state index contributed by atoms with van der Waals surface area (Å²) in [7, 11) is 0. The predicted molar refractivity (Wildman–Crippen MR) is 456 cm³/mol. The molecule has 6 aromatic heterocycles. The standard InChI is InChI=1S/C99H60N4S3/c1-7-28-86-73(22-1)80-52-61(64-39-45-95-83(55-64)76-25-4-10-31-92(76)104-95)36-42-89(80)101(86)70-19-13-16-59(48-70)60-34-35-69-58-100-99(68-18-15-21-72(50-68)103-88-30-9-3-24-75(88)82-54-63(38-44-91(82)103)66-41-47-97-85(57-66)78-27-6-12-33-94(78)106-97)98(79(69)51-60)67-17-14-20-71(49-67)102-87-29-8-2-23-74(87)81-53-62(37-43-90(81)102)65-40-46-96-84(56-65)77-26-5-11-32-93(77)105-96/h1-57,100H,58H2. The van der Waals surface area contributed by atoms with Crippen molar-refractivity contribution in [1.29, 1.82) is 0 Å². The van der Waals surface area contributed by atoms with Crippen LogP contribution >= 0.6 is 34.0 Å². The number of nitrogens with zero attached hydrogens (tertiary/aromatic N) is 3. The Morgan fingerprint density at radius 3 is 0.943 bits per heavy atom. The molecule has 0 saturated heterocycles. The highest BCUT2D eigenvalue weighted by Crippen LogP contribution is 2.47. The van der Waals surface area contributed by atoms with E-state index >= 15 is 0 Å². The molecule has 16 aromatic carbocycles. The largest absolute Gasteiger partial charge is 0.380 e. The average molecular weight is 1400 g/mol. The lowest BCUT2D eigenvalue weighted by Gasteiger charge is -2.27. The van der Waals surface area contributed by atoms with Crippen LogP contribution in [0.25, 0.3) is 199 Å². The molecule has 0 aliphatic carbocycles. The van der Waals surface area contributed by atoms with Crippen molar-refractivity contribution in [2.75, 3.05) is 0 Å². The van der Waals surface area contributed by atoms with Crippen LogP contribution in [0.2, 0.25) is 0 Å². The zero-order valence-electron chi connectivity index (χ0n) is 57.2. The normalized spacial score (nSPS) is 12.7. The molecule has 0 atom stereocenters. The van der Waals surface area contributed by atoms with Gasteiger partial charge in [0.15, 0.2) is 0 Å². The Balaban J connectivity index is 0.675. The molecule has 106 heavy (non-hydrogen) atoms. The van der Waals surface area contributed by atoms with Crippen LogP contribution in [0.4, 0.5) is 0 Å². The van der Waals surface area contributed by atoms with Crippen LogP contribution in [-0.2, 0) is 6.54 Å².